The summed E-state index contributed by atoms with van der Waals surface area (Å²) in [7, 11) is 0. The molecule has 0 saturated carbocycles. The van der Waals surface area contributed by atoms with Crippen LogP contribution in [0.4, 0.5) is 0 Å². The molecule has 20 heavy (non-hydrogen) atoms. The van der Waals surface area contributed by atoms with E-state index in [-0.39, 0.29) is 11.2 Å². The van der Waals surface area contributed by atoms with Gasteiger partial charge in [0.05, 0.1) is 5.75 Å². The van der Waals surface area contributed by atoms with Gasteiger partial charge >= 0.3 is 0 Å². The van der Waals surface area contributed by atoms with Crippen molar-refractivity contribution in [2.45, 2.75) is 26.0 Å². The van der Waals surface area contributed by atoms with Crippen molar-refractivity contribution >= 4 is 33.5 Å². The van der Waals surface area contributed by atoms with Crippen molar-refractivity contribution in [1.82, 2.24) is 10.2 Å². The predicted octanol–water partition coefficient (Wildman–Crippen LogP) is 4.21. The van der Waals surface area contributed by atoms with Crippen LogP contribution in [0, 0.1) is 5.41 Å². The number of aromatic nitrogens is 2. The normalized spacial score (nSPS) is 11.6. The lowest BCUT2D eigenvalue weighted by atomic mass is 9.92. The lowest BCUT2D eigenvalue weighted by molar-refractivity contribution is -0.123. The Balaban J connectivity index is 2.05. The fraction of sp³-hybridized carbons (Fsp3) is 0.357. The number of hydrogen-bond acceptors (Lipinski definition) is 5. The number of carbonyl (C=O) groups excluding carboxylic acids is 1. The predicted molar refractivity (Wildman–Crippen MR) is 82.6 cm³/mol. The Morgan fingerprint density at radius 3 is 2.75 bits per heavy atom. The molecule has 6 heteroatoms. The lowest BCUT2D eigenvalue weighted by Gasteiger charge is -2.14. The summed E-state index contributed by atoms with van der Waals surface area (Å²) in [6, 6.07) is 7.63. The van der Waals surface area contributed by atoms with Crippen molar-refractivity contribution in [3.63, 3.8) is 0 Å². The Morgan fingerprint density at radius 1 is 1.35 bits per heavy atom. The largest absolute Gasteiger partial charge is 0.411 e. The molecular formula is C14H15BrN2O2S. The van der Waals surface area contributed by atoms with Gasteiger partial charge in [-0.1, -0.05) is 54.5 Å². The highest BCUT2D eigenvalue weighted by Crippen LogP contribution is 2.26. The van der Waals surface area contributed by atoms with Gasteiger partial charge in [-0.15, -0.1) is 10.2 Å². The second kappa shape index (κ2) is 6.10. The molecule has 0 saturated heterocycles. The molecule has 1 heterocycles. The van der Waals surface area contributed by atoms with Crippen molar-refractivity contribution in [2.24, 2.45) is 5.41 Å². The molecule has 0 radical (unpaired) electrons. The number of benzene rings is 1. The summed E-state index contributed by atoms with van der Waals surface area (Å²) in [6.45, 7) is 5.70. The maximum atomic E-state index is 11.8. The summed E-state index contributed by atoms with van der Waals surface area (Å²) in [5.74, 6) is 0.950. The van der Waals surface area contributed by atoms with Crippen molar-refractivity contribution in [2.75, 3.05) is 5.75 Å². The van der Waals surface area contributed by atoms with E-state index < -0.39 is 0 Å². The molecule has 0 unspecified atom stereocenters. The molecule has 0 aliphatic carbocycles. The number of nitrogens with zero attached hydrogens (tertiary/aromatic N) is 2. The number of carbonyl (C=O) groups is 1. The molecule has 0 spiro atoms. The molecule has 0 N–H and O–H groups in total. The molecule has 0 aliphatic rings. The SMILES string of the molecule is CC(C)(C)C(=O)CSc1nnc(-c2cccc(Br)c2)o1. The Labute approximate surface area is 130 Å². The molecule has 1 aromatic carbocycles. The monoisotopic (exact) mass is 354 g/mol. The smallest absolute Gasteiger partial charge is 0.277 e. The second-order valence-corrected chi connectivity index (χ2v) is 7.19. The zero-order valence-corrected chi connectivity index (χ0v) is 13.9. The summed E-state index contributed by atoms with van der Waals surface area (Å²) >= 11 is 4.67. The minimum absolute atomic E-state index is 0.157. The van der Waals surface area contributed by atoms with Gasteiger partial charge in [0.1, 0.15) is 5.78 Å². The second-order valence-electron chi connectivity index (χ2n) is 5.35. The number of hydrogen-bond donors (Lipinski definition) is 0. The van der Waals surface area contributed by atoms with Crippen LogP contribution >= 0.6 is 27.7 Å². The fourth-order valence-corrected chi connectivity index (χ4v) is 2.67. The van der Waals surface area contributed by atoms with E-state index in [1.54, 1.807) is 0 Å². The van der Waals surface area contributed by atoms with Gasteiger partial charge in [0.15, 0.2) is 0 Å². The van der Waals surface area contributed by atoms with Crippen LogP contribution in [0.1, 0.15) is 20.8 Å². The molecule has 4 nitrogen and oxygen atoms in total. The summed E-state index contributed by atoms with van der Waals surface area (Å²) in [4.78, 5) is 11.8. The van der Waals surface area contributed by atoms with E-state index in [0.29, 0.717) is 16.9 Å². The molecule has 2 aromatic rings. The average Bonchev–Trinajstić information content (AvgIpc) is 2.83. The van der Waals surface area contributed by atoms with Crippen molar-refractivity contribution in [1.29, 1.82) is 0 Å². The third kappa shape index (κ3) is 3.93. The van der Waals surface area contributed by atoms with Crippen LogP contribution in [0.15, 0.2) is 38.4 Å². The minimum atomic E-state index is -0.347. The Hall–Kier alpha value is -1.14. The number of Topliss-reactive ketones (excluding diaryl/α,β-unsaturated/α-hetero) is 1. The highest BCUT2D eigenvalue weighted by atomic mass is 79.9. The zero-order valence-electron chi connectivity index (χ0n) is 11.5. The van der Waals surface area contributed by atoms with Gasteiger partial charge in [0, 0.05) is 15.5 Å². The quantitative estimate of drug-likeness (QED) is 0.769. The lowest BCUT2D eigenvalue weighted by Crippen LogP contribution is -2.21. The molecule has 1 aromatic heterocycles. The van der Waals surface area contributed by atoms with Crippen LogP contribution in [0.3, 0.4) is 0 Å². The van der Waals surface area contributed by atoms with Gasteiger partial charge < -0.3 is 4.42 Å². The first-order valence-corrected chi connectivity index (χ1v) is 7.89. The molecule has 0 bridgehead atoms. The third-order valence-electron chi connectivity index (χ3n) is 2.64. The Bertz CT molecular complexity index is 620. The maximum Gasteiger partial charge on any atom is 0.277 e. The zero-order chi connectivity index (χ0) is 14.8. The first-order chi connectivity index (χ1) is 9.36. The summed E-state index contributed by atoms with van der Waals surface area (Å²) in [5.41, 5.74) is 0.501. The topological polar surface area (TPSA) is 56.0 Å². The Kier molecular flexibility index (Phi) is 4.65. The number of rotatable bonds is 4. The molecule has 0 amide bonds. The van der Waals surface area contributed by atoms with E-state index in [1.165, 1.54) is 11.8 Å². The van der Waals surface area contributed by atoms with Crippen LogP contribution < -0.4 is 0 Å². The maximum absolute atomic E-state index is 11.8. The summed E-state index contributed by atoms with van der Waals surface area (Å²) in [6.07, 6.45) is 0. The first-order valence-electron chi connectivity index (χ1n) is 6.12. The molecule has 0 fully saturated rings. The van der Waals surface area contributed by atoms with Crippen LogP contribution in [0.2, 0.25) is 0 Å². The van der Waals surface area contributed by atoms with Crippen molar-refractivity contribution in [3.8, 4) is 11.5 Å². The number of halogens is 1. The van der Waals surface area contributed by atoms with Crippen LogP contribution in [-0.2, 0) is 4.79 Å². The standard InChI is InChI=1S/C14H15BrN2O2S/c1-14(2,3)11(18)8-20-13-17-16-12(19-13)9-5-4-6-10(15)7-9/h4-7H,8H2,1-3H3. The summed E-state index contributed by atoms with van der Waals surface area (Å²) < 4.78 is 6.50. The molecule has 106 valence electrons. The van der Waals surface area contributed by atoms with Crippen molar-refractivity contribution in [3.05, 3.63) is 28.7 Å². The van der Waals surface area contributed by atoms with Crippen LogP contribution in [-0.4, -0.2) is 21.7 Å². The molecule has 0 atom stereocenters. The van der Waals surface area contributed by atoms with Gasteiger partial charge in [-0.3, -0.25) is 4.79 Å². The minimum Gasteiger partial charge on any atom is -0.411 e. The molecule has 2 rings (SSSR count). The van der Waals surface area contributed by atoms with Gasteiger partial charge in [-0.25, -0.2) is 0 Å². The highest BCUT2D eigenvalue weighted by Gasteiger charge is 2.22. The Morgan fingerprint density at radius 2 is 2.10 bits per heavy atom. The van der Waals surface area contributed by atoms with E-state index in [1.807, 2.05) is 45.0 Å². The van der Waals surface area contributed by atoms with Gasteiger partial charge in [0.2, 0.25) is 5.89 Å². The number of ketones is 1. The van der Waals surface area contributed by atoms with E-state index in [9.17, 15) is 4.79 Å². The van der Waals surface area contributed by atoms with Gasteiger partial charge in [0.25, 0.3) is 5.22 Å². The highest BCUT2D eigenvalue weighted by molar-refractivity contribution is 9.10. The van der Waals surface area contributed by atoms with E-state index in [4.69, 9.17) is 4.42 Å². The van der Waals surface area contributed by atoms with E-state index in [2.05, 4.69) is 26.1 Å². The number of thioether (sulfide) groups is 1. The van der Waals surface area contributed by atoms with Crippen LogP contribution in [0.5, 0.6) is 0 Å². The van der Waals surface area contributed by atoms with Crippen molar-refractivity contribution < 1.29 is 9.21 Å². The van der Waals surface area contributed by atoms with Gasteiger partial charge in [-0.05, 0) is 18.2 Å². The fourth-order valence-electron chi connectivity index (χ4n) is 1.35. The molecule has 0 aliphatic heterocycles. The van der Waals surface area contributed by atoms with Crippen LogP contribution in [0.25, 0.3) is 11.5 Å². The van der Waals surface area contributed by atoms with E-state index >= 15 is 0 Å². The third-order valence-corrected chi connectivity index (χ3v) is 3.95. The molecular weight excluding hydrogens is 340 g/mol. The average molecular weight is 355 g/mol. The summed E-state index contributed by atoms with van der Waals surface area (Å²) in [5, 5.41) is 8.37. The van der Waals surface area contributed by atoms with E-state index in [0.717, 1.165) is 10.0 Å². The van der Waals surface area contributed by atoms with Gasteiger partial charge in [-0.2, -0.15) is 0 Å². The first kappa shape index (κ1) is 15.3.